The molecule has 1 aromatic rings. The Morgan fingerprint density at radius 2 is 1.48 bits per heavy atom. The van der Waals surface area contributed by atoms with Crippen LogP contribution in [0.4, 0.5) is 0 Å². The Morgan fingerprint density at radius 3 is 1.96 bits per heavy atom. The third kappa shape index (κ3) is 2.70. The van der Waals surface area contributed by atoms with Crippen molar-refractivity contribution in [1.82, 2.24) is 5.32 Å². The van der Waals surface area contributed by atoms with Crippen molar-refractivity contribution < 1.29 is 4.79 Å². The lowest BCUT2D eigenvalue weighted by Crippen LogP contribution is -2.55. The molecule has 0 saturated heterocycles. The third-order valence-electron chi connectivity index (χ3n) is 6.84. The molecule has 1 N–H and O–H groups in total. The summed E-state index contributed by atoms with van der Waals surface area (Å²) in [6.07, 6.45) is 8.39. The second-order valence-electron chi connectivity index (χ2n) is 8.85. The van der Waals surface area contributed by atoms with E-state index in [9.17, 15) is 4.79 Å². The first-order valence-electron chi connectivity index (χ1n) is 9.33. The van der Waals surface area contributed by atoms with E-state index in [-0.39, 0.29) is 5.91 Å². The normalized spacial score (nSPS) is 36.0. The molecule has 4 fully saturated rings. The topological polar surface area (TPSA) is 29.1 Å². The number of carbonyl (C=O) groups excluding carboxylic acids is 1. The number of aryl methyl sites for hydroxylation is 2. The predicted molar refractivity (Wildman–Crippen MR) is 93.4 cm³/mol. The Labute approximate surface area is 140 Å². The lowest BCUT2D eigenvalue weighted by Gasteiger charge is -2.59. The van der Waals surface area contributed by atoms with Crippen LogP contribution < -0.4 is 5.32 Å². The molecule has 4 aliphatic rings. The highest BCUT2D eigenvalue weighted by atomic mass is 16.1. The quantitative estimate of drug-likeness (QED) is 0.866. The summed E-state index contributed by atoms with van der Waals surface area (Å²) in [6.45, 7) is 6.38. The zero-order valence-electron chi connectivity index (χ0n) is 14.7. The molecule has 0 unspecified atom stereocenters. The summed E-state index contributed by atoms with van der Waals surface area (Å²) < 4.78 is 0. The SMILES string of the molecule is Cc1cc(C)cc(C(=O)N[C@@H](C)C23CC4CC(CC(C4)C2)C3)c1. The van der Waals surface area contributed by atoms with Crippen molar-refractivity contribution in [2.45, 2.75) is 65.3 Å². The van der Waals surface area contributed by atoms with Gasteiger partial charge in [0, 0.05) is 11.6 Å². The van der Waals surface area contributed by atoms with E-state index in [1.807, 2.05) is 12.1 Å². The van der Waals surface area contributed by atoms with Crippen LogP contribution in [0.1, 0.15) is 66.9 Å². The highest BCUT2D eigenvalue weighted by Gasteiger charge is 2.53. The van der Waals surface area contributed by atoms with Gasteiger partial charge in [-0.25, -0.2) is 0 Å². The van der Waals surface area contributed by atoms with Gasteiger partial charge in [-0.3, -0.25) is 4.79 Å². The molecular formula is C21H29NO. The summed E-state index contributed by atoms with van der Waals surface area (Å²) in [5.74, 6) is 2.91. The van der Waals surface area contributed by atoms with Gasteiger partial charge >= 0.3 is 0 Å². The Hall–Kier alpha value is -1.31. The van der Waals surface area contributed by atoms with E-state index < -0.39 is 0 Å². The van der Waals surface area contributed by atoms with E-state index >= 15 is 0 Å². The average Bonchev–Trinajstić information content (AvgIpc) is 2.44. The third-order valence-corrected chi connectivity index (χ3v) is 6.84. The number of nitrogens with one attached hydrogen (secondary N) is 1. The maximum atomic E-state index is 12.7. The van der Waals surface area contributed by atoms with Crippen LogP contribution in [0.2, 0.25) is 0 Å². The molecule has 23 heavy (non-hydrogen) atoms. The number of hydrogen-bond donors (Lipinski definition) is 1. The van der Waals surface area contributed by atoms with E-state index in [0.29, 0.717) is 11.5 Å². The second kappa shape index (κ2) is 5.36. The molecule has 5 rings (SSSR count). The summed E-state index contributed by atoms with van der Waals surface area (Å²) in [5, 5.41) is 3.37. The molecule has 4 aliphatic carbocycles. The van der Waals surface area contributed by atoms with Gasteiger partial charge in [-0.2, -0.15) is 0 Å². The molecule has 2 heteroatoms. The molecule has 1 aromatic carbocycles. The molecule has 0 radical (unpaired) electrons. The molecular weight excluding hydrogens is 282 g/mol. The number of carbonyl (C=O) groups is 1. The first kappa shape index (κ1) is 15.2. The van der Waals surface area contributed by atoms with Crippen LogP contribution in [-0.4, -0.2) is 11.9 Å². The van der Waals surface area contributed by atoms with Crippen LogP contribution in [0.5, 0.6) is 0 Å². The van der Waals surface area contributed by atoms with Crippen molar-refractivity contribution in [1.29, 1.82) is 0 Å². The van der Waals surface area contributed by atoms with Crippen molar-refractivity contribution in [3.05, 3.63) is 34.9 Å². The fraction of sp³-hybridized carbons (Fsp3) is 0.667. The lowest BCUT2D eigenvalue weighted by molar-refractivity contribution is -0.0688. The number of amides is 1. The molecule has 0 aromatic heterocycles. The molecule has 1 atom stereocenters. The fourth-order valence-corrected chi connectivity index (χ4v) is 6.25. The fourth-order valence-electron chi connectivity index (χ4n) is 6.25. The van der Waals surface area contributed by atoms with E-state index in [4.69, 9.17) is 0 Å². The Morgan fingerprint density at radius 1 is 1.00 bits per heavy atom. The summed E-state index contributed by atoms with van der Waals surface area (Å²) >= 11 is 0. The van der Waals surface area contributed by atoms with Gasteiger partial charge in [0.25, 0.3) is 5.91 Å². The lowest BCUT2D eigenvalue weighted by atomic mass is 9.48. The Bertz CT molecular complexity index is 577. The highest BCUT2D eigenvalue weighted by Crippen LogP contribution is 2.61. The Kier molecular flexibility index (Phi) is 3.55. The summed E-state index contributed by atoms with van der Waals surface area (Å²) in [5.41, 5.74) is 3.53. The minimum Gasteiger partial charge on any atom is -0.349 e. The van der Waals surface area contributed by atoms with Gasteiger partial charge < -0.3 is 5.32 Å². The van der Waals surface area contributed by atoms with E-state index in [1.54, 1.807) is 0 Å². The molecule has 1 amide bonds. The number of benzene rings is 1. The zero-order chi connectivity index (χ0) is 16.2. The summed E-state index contributed by atoms with van der Waals surface area (Å²) in [6, 6.07) is 6.44. The minimum absolute atomic E-state index is 0.111. The van der Waals surface area contributed by atoms with Gasteiger partial charge in [-0.15, -0.1) is 0 Å². The zero-order valence-corrected chi connectivity index (χ0v) is 14.7. The van der Waals surface area contributed by atoms with Gasteiger partial charge in [0.05, 0.1) is 0 Å². The molecule has 4 saturated carbocycles. The van der Waals surface area contributed by atoms with Crippen LogP contribution >= 0.6 is 0 Å². The molecule has 124 valence electrons. The summed E-state index contributed by atoms with van der Waals surface area (Å²) in [4.78, 5) is 12.7. The first-order chi connectivity index (χ1) is 10.9. The smallest absolute Gasteiger partial charge is 0.251 e. The van der Waals surface area contributed by atoms with Crippen molar-refractivity contribution in [3.8, 4) is 0 Å². The predicted octanol–water partition coefficient (Wildman–Crippen LogP) is 4.64. The van der Waals surface area contributed by atoms with Crippen molar-refractivity contribution >= 4 is 5.91 Å². The first-order valence-corrected chi connectivity index (χ1v) is 9.33. The van der Waals surface area contributed by atoms with Gasteiger partial charge in [-0.1, -0.05) is 17.2 Å². The van der Waals surface area contributed by atoms with Crippen molar-refractivity contribution in [3.63, 3.8) is 0 Å². The molecule has 2 nitrogen and oxygen atoms in total. The molecule has 0 spiro atoms. The molecule has 4 bridgehead atoms. The van der Waals surface area contributed by atoms with Crippen LogP contribution in [0.25, 0.3) is 0 Å². The number of hydrogen-bond acceptors (Lipinski definition) is 1. The highest BCUT2D eigenvalue weighted by molar-refractivity contribution is 5.94. The second-order valence-corrected chi connectivity index (χ2v) is 8.85. The van der Waals surface area contributed by atoms with Gasteiger partial charge in [0.1, 0.15) is 0 Å². The van der Waals surface area contributed by atoms with Gasteiger partial charge in [0.15, 0.2) is 0 Å². The van der Waals surface area contributed by atoms with Crippen molar-refractivity contribution in [2.75, 3.05) is 0 Å². The van der Waals surface area contributed by atoms with Crippen LogP contribution in [-0.2, 0) is 0 Å². The van der Waals surface area contributed by atoms with Gasteiger partial charge in [-0.05, 0) is 94.6 Å². The van der Waals surface area contributed by atoms with E-state index in [0.717, 1.165) is 34.4 Å². The van der Waals surface area contributed by atoms with Gasteiger partial charge in [0.2, 0.25) is 0 Å². The number of rotatable bonds is 3. The van der Waals surface area contributed by atoms with Crippen LogP contribution in [0.15, 0.2) is 18.2 Å². The van der Waals surface area contributed by atoms with Crippen LogP contribution in [0, 0.1) is 37.0 Å². The van der Waals surface area contributed by atoms with Crippen molar-refractivity contribution in [2.24, 2.45) is 23.2 Å². The summed E-state index contributed by atoms with van der Waals surface area (Å²) in [7, 11) is 0. The largest absolute Gasteiger partial charge is 0.349 e. The average molecular weight is 311 g/mol. The molecule has 0 aliphatic heterocycles. The van der Waals surface area contributed by atoms with E-state index in [2.05, 4.69) is 32.2 Å². The maximum Gasteiger partial charge on any atom is 0.251 e. The maximum absolute atomic E-state index is 12.7. The van der Waals surface area contributed by atoms with Crippen LogP contribution in [0.3, 0.4) is 0 Å². The minimum atomic E-state index is 0.111. The molecule has 0 heterocycles. The Balaban J connectivity index is 1.51. The monoisotopic (exact) mass is 311 g/mol. The standard InChI is InChI=1S/C21H29NO/c1-13-4-14(2)6-19(5-13)20(23)22-15(3)21-10-16-7-17(11-21)9-18(8-16)12-21/h4-6,15-18H,7-12H2,1-3H3,(H,22,23)/t15-,16?,17?,18?,21?/m0/s1. The van der Waals surface area contributed by atoms with E-state index in [1.165, 1.54) is 38.5 Å².